The van der Waals surface area contributed by atoms with Gasteiger partial charge in [0, 0.05) is 10.9 Å². The third kappa shape index (κ3) is 2.65. The molecule has 3 nitrogen and oxygen atoms in total. The molecule has 1 heterocycles. The van der Waals surface area contributed by atoms with Gasteiger partial charge in [-0.25, -0.2) is 4.98 Å². The van der Waals surface area contributed by atoms with Gasteiger partial charge in [-0.3, -0.25) is 0 Å². The predicted octanol–water partition coefficient (Wildman–Crippen LogP) is 3.01. The number of nitrogens with zero attached hydrogens (tertiary/aromatic N) is 1. The lowest BCUT2D eigenvalue weighted by Gasteiger charge is -2.14. The molecule has 0 unspecified atom stereocenters. The van der Waals surface area contributed by atoms with Crippen molar-refractivity contribution in [1.82, 2.24) is 4.98 Å². The topological polar surface area (TPSA) is 48.1 Å². The maximum Gasteiger partial charge on any atom is 0.123 e. The summed E-state index contributed by atoms with van der Waals surface area (Å²) in [5.41, 5.74) is 7.61. The van der Waals surface area contributed by atoms with E-state index in [-0.39, 0.29) is 0 Å². The van der Waals surface area contributed by atoms with Crippen molar-refractivity contribution >= 4 is 11.3 Å². The Bertz CT molecular complexity index is 514. The Hall–Kier alpha value is -1.39. The summed E-state index contributed by atoms with van der Waals surface area (Å²) in [6.45, 7) is 3.91. The molecular formula is C13H16N2OS. The van der Waals surface area contributed by atoms with Crippen LogP contribution in [0.3, 0.4) is 0 Å². The first-order chi connectivity index (χ1) is 8.00. The van der Waals surface area contributed by atoms with Gasteiger partial charge >= 0.3 is 0 Å². The third-order valence-corrected chi connectivity index (χ3v) is 3.37. The molecule has 2 rings (SSSR count). The van der Waals surface area contributed by atoms with E-state index in [9.17, 15) is 0 Å². The van der Waals surface area contributed by atoms with Gasteiger partial charge in [0.2, 0.25) is 0 Å². The minimum Gasteiger partial charge on any atom is -0.497 e. The van der Waals surface area contributed by atoms with Gasteiger partial charge in [0.25, 0.3) is 0 Å². The number of rotatable bonds is 3. The van der Waals surface area contributed by atoms with Crippen LogP contribution in [0.15, 0.2) is 29.6 Å². The summed E-state index contributed by atoms with van der Waals surface area (Å²) in [6.07, 6.45) is 0. The highest BCUT2D eigenvalue weighted by atomic mass is 32.1. The van der Waals surface area contributed by atoms with Gasteiger partial charge in [-0.15, -0.1) is 11.3 Å². The van der Waals surface area contributed by atoms with Crippen molar-refractivity contribution in [3.8, 4) is 16.3 Å². The molecule has 0 aliphatic heterocycles. The van der Waals surface area contributed by atoms with Gasteiger partial charge in [-0.05, 0) is 26.0 Å². The second-order valence-electron chi connectivity index (χ2n) is 4.49. The van der Waals surface area contributed by atoms with Crippen LogP contribution in [0, 0.1) is 0 Å². The fraction of sp³-hybridized carbons (Fsp3) is 0.308. The first-order valence-corrected chi connectivity index (χ1v) is 6.28. The van der Waals surface area contributed by atoms with E-state index in [2.05, 4.69) is 4.98 Å². The summed E-state index contributed by atoms with van der Waals surface area (Å²) in [6, 6.07) is 7.88. The second kappa shape index (κ2) is 4.47. The molecule has 0 amide bonds. The summed E-state index contributed by atoms with van der Waals surface area (Å²) in [5.74, 6) is 0.839. The molecule has 0 bridgehead atoms. The highest BCUT2D eigenvalue weighted by Crippen LogP contribution is 2.29. The molecule has 1 aromatic heterocycles. The van der Waals surface area contributed by atoms with Gasteiger partial charge in [0.1, 0.15) is 10.8 Å². The van der Waals surface area contributed by atoms with Gasteiger partial charge in [0.05, 0.1) is 18.3 Å². The SMILES string of the molecule is COc1cccc(-c2nc(C(C)(C)N)cs2)c1. The lowest BCUT2D eigenvalue weighted by Crippen LogP contribution is -2.28. The number of aromatic nitrogens is 1. The van der Waals surface area contributed by atoms with Crippen LogP contribution in [0.25, 0.3) is 10.6 Å². The average Bonchev–Trinajstić information content (AvgIpc) is 2.78. The number of ether oxygens (including phenoxy) is 1. The summed E-state index contributed by atoms with van der Waals surface area (Å²) in [7, 11) is 1.66. The van der Waals surface area contributed by atoms with Crippen molar-refractivity contribution in [3.63, 3.8) is 0 Å². The summed E-state index contributed by atoms with van der Waals surface area (Å²) < 4.78 is 5.20. The molecule has 0 fully saturated rings. The van der Waals surface area contributed by atoms with Crippen LogP contribution in [0.2, 0.25) is 0 Å². The minimum absolute atomic E-state index is 0.395. The molecule has 0 saturated heterocycles. The van der Waals surface area contributed by atoms with Gasteiger partial charge in [0.15, 0.2) is 0 Å². The molecule has 2 N–H and O–H groups in total. The Morgan fingerprint density at radius 1 is 1.35 bits per heavy atom. The molecule has 0 radical (unpaired) electrons. The van der Waals surface area contributed by atoms with Crippen LogP contribution >= 0.6 is 11.3 Å². The van der Waals surface area contributed by atoms with Crippen molar-refractivity contribution in [2.45, 2.75) is 19.4 Å². The normalized spacial score (nSPS) is 11.5. The fourth-order valence-electron chi connectivity index (χ4n) is 1.46. The van der Waals surface area contributed by atoms with Gasteiger partial charge in [-0.1, -0.05) is 12.1 Å². The molecule has 90 valence electrons. The smallest absolute Gasteiger partial charge is 0.123 e. The van der Waals surface area contributed by atoms with E-state index in [1.807, 2.05) is 43.5 Å². The number of benzene rings is 1. The molecule has 0 aliphatic carbocycles. The zero-order valence-corrected chi connectivity index (χ0v) is 11.0. The number of methoxy groups -OCH3 is 1. The van der Waals surface area contributed by atoms with Gasteiger partial charge < -0.3 is 10.5 Å². The quantitative estimate of drug-likeness (QED) is 0.908. The average molecular weight is 248 g/mol. The first-order valence-electron chi connectivity index (χ1n) is 5.40. The van der Waals surface area contributed by atoms with Crippen LogP contribution in [0.4, 0.5) is 0 Å². The minimum atomic E-state index is -0.395. The van der Waals surface area contributed by atoms with E-state index in [1.165, 1.54) is 0 Å². The van der Waals surface area contributed by atoms with Gasteiger partial charge in [-0.2, -0.15) is 0 Å². The molecular weight excluding hydrogens is 232 g/mol. The zero-order chi connectivity index (χ0) is 12.5. The molecule has 1 aromatic carbocycles. The van der Waals surface area contributed by atoms with Crippen LogP contribution < -0.4 is 10.5 Å². The van der Waals surface area contributed by atoms with Crippen molar-refractivity contribution in [3.05, 3.63) is 35.3 Å². The van der Waals surface area contributed by atoms with E-state index in [4.69, 9.17) is 10.5 Å². The highest BCUT2D eigenvalue weighted by molar-refractivity contribution is 7.13. The van der Waals surface area contributed by atoms with Crippen LogP contribution in [0.1, 0.15) is 19.5 Å². The van der Waals surface area contributed by atoms with Crippen molar-refractivity contribution in [2.24, 2.45) is 5.73 Å². The predicted molar refractivity (Wildman–Crippen MR) is 71.3 cm³/mol. The zero-order valence-electron chi connectivity index (χ0n) is 10.2. The lowest BCUT2D eigenvalue weighted by atomic mass is 10.0. The van der Waals surface area contributed by atoms with Crippen LogP contribution in [-0.4, -0.2) is 12.1 Å². The monoisotopic (exact) mass is 248 g/mol. The Balaban J connectivity index is 2.37. The van der Waals surface area contributed by atoms with Crippen molar-refractivity contribution in [2.75, 3.05) is 7.11 Å². The molecule has 4 heteroatoms. The fourth-order valence-corrected chi connectivity index (χ4v) is 2.45. The Morgan fingerprint density at radius 2 is 2.12 bits per heavy atom. The Kier molecular flexibility index (Phi) is 3.17. The van der Waals surface area contributed by atoms with Crippen molar-refractivity contribution < 1.29 is 4.74 Å². The highest BCUT2D eigenvalue weighted by Gasteiger charge is 2.18. The summed E-state index contributed by atoms with van der Waals surface area (Å²) in [5, 5.41) is 2.98. The molecule has 0 aliphatic rings. The van der Waals surface area contributed by atoms with Crippen LogP contribution in [-0.2, 0) is 5.54 Å². The lowest BCUT2D eigenvalue weighted by molar-refractivity contribution is 0.415. The Labute approximate surface area is 105 Å². The largest absolute Gasteiger partial charge is 0.497 e. The maximum atomic E-state index is 6.02. The van der Waals surface area contributed by atoms with E-state index in [1.54, 1.807) is 18.4 Å². The standard InChI is InChI=1S/C13H16N2OS/c1-13(2,14)11-8-17-12(15-11)9-5-4-6-10(7-9)16-3/h4-8H,14H2,1-3H3. The molecule has 2 aromatic rings. The second-order valence-corrected chi connectivity index (χ2v) is 5.35. The number of thiazole rings is 1. The van der Waals surface area contributed by atoms with E-state index in [0.717, 1.165) is 22.0 Å². The summed E-state index contributed by atoms with van der Waals surface area (Å²) in [4.78, 5) is 4.57. The summed E-state index contributed by atoms with van der Waals surface area (Å²) >= 11 is 1.60. The first kappa shape index (κ1) is 12.1. The number of hydrogen-bond acceptors (Lipinski definition) is 4. The van der Waals surface area contributed by atoms with Crippen molar-refractivity contribution in [1.29, 1.82) is 0 Å². The van der Waals surface area contributed by atoms with E-state index in [0.29, 0.717) is 0 Å². The maximum absolute atomic E-state index is 6.02. The molecule has 0 spiro atoms. The Morgan fingerprint density at radius 3 is 2.71 bits per heavy atom. The van der Waals surface area contributed by atoms with E-state index < -0.39 is 5.54 Å². The number of hydrogen-bond donors (Lipinski definition) is 1. The molecule has 17 heavy (non-hydrogen) atoms. The third-order valence-electron chi connectivity index (χ3n) is 2.48. The number of nitrogens with two attached hydrogens (primary N) is 1. The van der Waals surface area contributed by atoms with Crippen LogP contribution in [0.5, 0.6) is 5.75 Å². The molecule has 0 saturated carbocycles. The molecule has 0 atom stereocenters. The van der Waals surface area contributed by atoms with E-state index >= 15 is 0 Å².